The summed E-state index contributed by atoms with van der Waals surface area (Å²) in [5.41, 5.74) is 0.411. The van der Waals surface area contributed by atoms with Crippen LogP contribution in [0.25, 0.3) is 0 Å². The van der Waals surface area contributed by atoms with E-state index in [1.807, 2.05) is 0 Å². The molecule has 5 nitrogen and oxygen atoms in total. The van der Waals surface area contributed by atoms with Crippen molar-refractivity contribution in [3.8, 4) is 5.88 Å². The SMILES string of the molecule is COc1ncc(Br)c(C)c1[N+](=O)[O-]. The number of nitro groups is 1. The Labute approximate surface area is 83.0 Å². The number of hydrogen-bond acceptors (Lipinski definition) is 4. The van der Waals surface area contributed by atoms with Crippen LogP contribution in [0, 0.1) is 17.0 Å². The molecule has 0 amide bonds. The van der Waals surface area contributed by atoms with Crippen molar-refractivity contribution in [2.75, 3.05) is 7.11 Å². The van der Waals surface area contributed by atoms with E-state index in [9.17, 15) is 10.1 Å². The first kappa shape index (κ1) is 9.91. The molecular weight excluding hydrogens is 240 g/mol. The monoisotopic (exact) mass is 246 g/mol. The third-order valence-electron chi connectivity index (χ3n) is 1.59. The molecule has 0 radical (unpaired) electrons. The average Bonchev–Trinajstić information content (AvgIpc) is 2.08. The highest BCUT2D eigenvalue weighted by molar-refractivity contribution is 9.10. The first-order chi connectivity index (χ1) is 6.07. The first-order valence-electron chi connectivity index (χ1n) is 3.41. The van der Waals surface area contributed by atoms with E-state index in [0.717, 1.165) is 0 Å². The van der Waals surface area contributed by atoms with Crippen LogP contribution in [0.5, 0.6) is 5.88 Å². The largest absolute Gasteiger partial charge is 0.476 e. The van der Waals surface area contributed by atoms with Crippen LogP contribution in [0.15, 0.2) is 10.7 Å². The molecule has 0 saturated carbocycles. The van der Waals surface area contributed by atoms with Crippen molar-refractivity contribution in [2.24, 2.45) is 0 Å². The second-order valence-electron chi connectivity index (χ2n) is 2.35. The van der Waals surface area contributed by atoms with Gasteiger partial charge in [0, 0.05) is 16.2 Å². The molecule has 13 heavy (non-hydrogen) atoms. The van der Waals surface area contributed by atoms with Crippen molar-refractivity contribution in [3.05, 3.63) is 26.3 Å². The topological polar surface area (TPSA) is 65.3 Å². The Kier molecular flexibility index (Phi) is 2.82. The summed E-state index contributed by atoms with van der Waals surface area (Å²) in [6.07, 6.45) is 1.47. The summed E-state index contributed by atoms with van der Waals surface area (Å²) in [6, 6.07) is 0. The molecule has 1 heterocycles. The predicted molar refractivity (Wildman–Crippen MR) is 49.9 cm³/mol. The molecular formula is C7H7BrN2O3. The van der Waals surface area contributed by atoms with Crippen molar-refractivity contribution in [3.63, 3.8) is 0 Å². The fourth-order valence-corrected chi connectivity index (χ4v) is 1.20. The fourth-order valence-electron chi connectivity index (χ4n) is 0.911. The molecule has 6 heteroatoms. The van der Waals surface area contributed by atoms with Crippen LogP contribution in [0.2, 0.25) is 0 Å². The Bertz CT molecular complexity index is 354. The summed E-state index contributed by atoms with van der Waals surface area (Å²) in [5.74, 6) is 0.0331. The van der Waals surface area contributed by atoms with Crippen molar-refractivity contribution in [2.45, 2.75) is 6.92 Å². The van der Waals surface area contributed by atoms with Gasteiger partial charge in [-0.2, -0.15) is 0 Å². The normalized spacial score (nSPS) is 9.77. The van der Waals surface area contributed by atoms with Crippen LogP contribution in [0.4, 0.5) is 5.69 Å². The van der Waals surface area contributed by atoms with E-state index in [-0.39, 0.29) is 11.6 Å². The summed E-state index contributed by atoms with van der Waals surface area (Å²) >= 11 is 3.16. The lowest BCUT2D eigenvalue weighted by atomic mass is 10.2. The molecule has 0 atom stereocenters. The number of hydrogen-bond donors (Lipinski definition) is 0. The number of pyridine rings is 1. The van der Waals surface area contributed by atoms with Gasteiger partial charge in [-0.15, -0.1) is 0 Å². The molecule has 0 aromatic carbocycles. The number of halogens is 1. The maximum atomic E-state index is 10.6. The zero-order valence-electron chi connectivity index (χ0n) is 7.07. The Morgan fingerprint density at radius 2 is 2.31 bits per heavy atom. The molecule has 0 unspecified atom stereocenters. The van der Waals surface area contributed by atoms with Crippen LogP contribution < -0.4 is 4.74 Å². The van der Waals surface area contributed by atoms with E-state index >= 15 is 0 Å². The lowest BCUT2D eigenvalue weighted by Crippen LogP contribution is -1.99. The quantitative estimate of drug-likeness (QED) is 0.592. The molecule has 1 aromatic rings. The predicted octanol–water partition coefficient (Wildman–Crippen LogP) is 2.07. The molecule has 0 spiro atoms. The smallest absolute Gasteiger partial charge is 0.334 e. The zero-order chi connectivity index (χ0) is 10.0. The number of rotatable bonds is 2. The highest BCUT2D eigenvalue weighted by Gasteiger charge is 2.21. The molecule has 0 aliphatic heterocycles. The Hall–Kier alpha value is -1.17. The summed E-state index contributed by atoms with van der Waals surface area (Å²) in [5, 5.41) is 10.6. The molecule has 1 rings (SSSR count). The highest BCUT2D eigenvalue weighted by Crippen LogP contribution is 2.32. The van der Waals surface area contributed by atoms with Gasteiger partial charge in [0.25, 0.3) is 5.88 Å². The molecule has 0 saturated heterocycles. The highest BCUT2D eigenvalue weighted by atomic mass is 79.9. The molecule has 0 fully saturated rings. The fraction of sp³-hybridized carbons (Fsp3) is 0.286. The van der Waals surface area contributed by atoms with Crippen LogP contribution in [-0.2, 0) is 0 Å². The molecule has 70 valence electrons. The summed E-state index contributed by atoms with van der Waals surface area (Å²) in [6.45, 7) is 1.63. The minimum Gasteiger partial charge on any atom is -0.476 e. The van der Waals surface area contributed by atoms with E-state index < -0.39 is 4.92 Å². The van der Waals surface area contributed by atoms with Gasteiger partial charge in [0.05, 0.1) is 12.0 Å². The maximum absolute atomic E-state index is 10.6. The van der Waals surface area contributed by atoms with Gasteiger partial charge in [-0.05, 0) is 22.9 Å². The number of nitrogens with zero attached hydrogens (tertiary/aromatic N) is 2. The van der Waals surface area contributed by atoms with Crippen LogP contribution in [0.1, 0.15) is 5.56 Å². The van der Waals surface area contributed by atoms with Crippen LogP contribution in [-0.4, -0.2) is 17.0 Å². The number of ether oxygens (including phenoxy) is 1. The number of methoxy groups -OCH3 is 1. The molecule has 0 bridgehead atoms. The lowest BCUT2D eigenvalue weighted by molar-refractivity contribution is -0.386. The molecule has 0 aliphatic rings. The van der Waals surface area contributed by atoms with Crippen molar-refractivity contribution < 1.29 is 9.66 Å². The minimum absolute atomic E-state index is 0.0331. The van der Waals surface area contributed by atoms with Crippen molar-refractivity contribution in [1.29, 1.82) is 0 Å². The third kappa shape index (κ3) is 1.77. The Balaban J connectivity index is 3.41. The standard InChI is InChI=1S/C7H7BrN2O3/c1-4-5(8)3-9-7(13-2)6(4)10(11)12/h3H,1-2H3. The third-order valence-corrected chi connectivity index (χ3v) is 2.39. The Morgan fingerprint density at radius 3 is 2.77 bits per heavy atom. The Morgan fingerprint density at radius 1 is 1.69 bits per heavy atom. The van der Waals surface area contributed by atoms with E-state index in [1.165, 1.54) is 13.3 Å². The van der Waals surface area contributed by atoms with Gasteiger partial charge >= 0.3 is 5.69 Å². The van der Waals surface area contributed by atoms with E-state index in [2.05, 4.69) is 20.9 Å². The van der Waals surface area contributed by atoms with Gasteiger partial charge < -0.3 is 4.74 Å². The summed E-state index contributed by atoms with van der Waals surface area (Å²) in [4.78, 5) is 13.9. The number of aromatic nitrogens is 1. The van der Waals surface area contributed by atoms with Gasteiger partial charge in [0.1, 0.15) is 0 Å². The summed E-state index contributed by atoms with van der Waals surface area (Å²) < 4.78 is 5.37. The molecule has 1 aromatic heterocycles. The molecule has 0 aliphatic carbocycles. The maximum Gasteiger partial charge on any atom is 0.334 e. The average molecular weight is 247 g/mol. The van der Waals surface area contributed by atoms with Crippen LogP contribution in [0.3, 0.4) is 0 Å². The molecule has 0 N–H and O–H groups in total. The van der Waals surface area contributed by atoms with Gasteiger partial charge in [-0.1, -0.05) is 0 Å². The van der Waals surface area contributed by atoms with E-state index in [4.69, 9.17) is 4.74 Å². The second kappa shape index (κ2) is 3.69. The summed E-state index contributed by atoms with van der Waals surface area (Å²) in [7, 11) is 1.35. The van der Waals surface area contributed by atoms with Gasteiger partial charge in [-0.3, -0.25) is 10.1 Å². The van der Waals surface area contributed by atoms with Crippen LogP contribution >= 0.6 is 15.9 Å². The first-order valence-corrected chi connectivity index (χ1v) is 4.20. The lowest BCUT2D eigenvalue weighted by Gasteiger charge is -2.03. The van der Waals surface area contributed by atoms with E-state index in [1.54, 1.807) is 6.92 Å². The van der Waals surface area contributed by atoms with E-state index in [0.29, 0.717) is 10.0 Å². The minimum atomic E-state index is -0.508. The van der Waals surface area contributed by atoms with Crippen molar-refractivity contribution in [1.82, 2.24) is 4.98 Å². The van der Waals surface area contributed by atoms with Gasteiger partial charge in [-0.25, -0.2) is 4.98 Å². The zero-order valence-corrected chi connectivity index (χ0v) is 8.66. The van der Waals surface area contributed by atoms with Gasteiger partial charge in [0.15, 0.2) is 0 Å². The second-order valence-corrected chi connectivity index (χ2v) is 3.20. The van der Waals surface area contributed by atoms with Gasteiger partial charge in [0.2, 0.25) is 0 Å². The van der Waals surface area contributed by atoms with Crippen molar-refractivity contribution >= 4 is 21.6 Å².